The van der Waals surface area contributed by atoms with Crippen molar-refractivity contribution in [1.82, 2.24) is 4.90 Å². The molecule has 0 radical (unpaired) electrons. The van der Waals surface area contributed by atoms with Gasteiger partial charge in [0.25, 0.3) is 0 Å². The lowest BCUT2D eigenvalue weighted by atomic mass is 9.94. The summed E-state index contributed by atoms with van der Waals surface area (Å²) in [5.41, 5.74) is 1.40. The zero-order chi connectivity index (χ0) is 11.9. The van der Waals surface area contributed by atoms with Crippen LogP contribution in [0.4, 0.5) is 0 Å². The Morgan fingerprint density at radius 3 is 2.88 bits per heavy atom. The van der Waals surface area contributed by atoms with Crippen molar-refractivity contribution in [3.05, 3.63) is 47.3 Å². The van der Waals surface area contributed by atoms with Gasteiger partial charge in [-0.15, -0.1) is 0 Å². The number of piperidine rings is 1. The van der Waals surface area contributed by atoms with Gasteiger partial charge in [-0.25, -0.2) is 6.57 Å². The van der Waals surface area contributed by atoms with Crippen LogP contribution in [0.5, 0.6) is 0 Å². The Hall–Kier alpha value is -1.33. The van der Waals surface area contributed by atoms with Crippen molar-refractivity contribution in [1.29, 1.82) is 0 Å². The minimum Gasteiger partial charge on any atom is -0.317 e. The molecule has 0 N–H and O–H groups in total. The minimum atomic E-state index is 0.698. The lowest BCUT2D eigenvalue weighted by Crippen LogP contribution is -2.35. The number of hydrogen-bond acceptors (Lipinski definition) is 1. The largest absolute Gasteiger partial charge is 0.317 e. The first kappa shape index (κ1) is 12.1. The van der Waals surface area contributed by atoms with E-state index in [-0.39, 0.29) is 0 Å². The third-order valence-electron chi connectivity index (χ3n) is 3.50. The third-order valence-corrected chi connectivity index (χ3v) is 3.50. The van der Waals surface area contributed by atoms with Gasteiger partial charge in [-0.1, -0.05) is 30.3 Å². The fourth-order valence-electron chi connectivity index (χ4n) is 2.62. The molecular formula is C15H20N2. The molecule has 0 saturated carbocycles. The van der Waals surface area contributed by atoms with Gasteiger partial charge in [0.1, 0.15) is 0 Å². The predicted octanol–water partition coefficient (Wildman–Crippen LogP) is 3.21. The van der Waals surface area contributed by atoms with Gasteiger partial charge in [0.2, 0.25) is 6.54 Å². The molecule has 2 nitrogen and oxygen atoms in total. The summed E-state index contributed by atoms with van der Waals surface area (Å²) < 4.78 is 0. The minimum absolute atomic E-state index is 0.698. The van der Waals surface area contributed by atoms with Crippen LogP contribution < -0.4 is 0 Å². The highest BCUT2D eigenvalue weighted by molar-refractivity contribution is 5.14. The van der Waals surface area contributed by atoms with Gasteiger partial charge in [-0.2, -0.15) is 0 Å². The second-order valence-electron chi connectivity index (χ2n) is 4.90. The smallest absolute Gasteiger partial charge is 0.215 e. The SMILES string of the molecule is [C-]#[N+]CCC1CCCN(Cc2ccccc2)C1. The Morgan fingerprint density at radius 1 is 1.29 bits per heavy atom. The van der Waals surface area contributed by atoms with Crippen LogP contribution in [0.15, 0.2) is 30.3 Å². The summed E-state index contributed by atoms with van der Waals surface area (Å²) in [6, 6.07) is 10.7. The van der Waals surface area contributed by atoms with Crippen molar-refractivity contribution in [3.8, 4) is 0 Å². The predicted molar refractivity (Wildman–Crippen MR) is 70.5 cm³/mol. The Bertz CT molecular complexity index is 366. The average Bonchev–Trinajstić information content (AvgIpc) is 2.38. The molecule has 1 atom stereocenters. The molecule has 0 aliphatic carbocycles. The van der Waals surface area contributed by atoms with Crippen LogP contribution in [-0.2, 0) is 6.54 Å². The number of likely N-dealkylation sites (tertiary alicyclic amines) is 1. The lowest BCUT2D eigenvalue weighted by Gasteiger charge is -2.32. The van der Waals surface area contributed by atoms with E-state index in [0.29, 0.717) is 6.54 Å². The first-order chi connectivity index (χ1) is 8.38. The van der Waals surface area contributed by atoms with Crippen molar-refractivity contribution in [2.75, 3.05) is 19.6 Å². The summed E-state index contributed by atoms with van der Waals surface area (Å²) in [7, 11) is 0. The molecule has 0 amide bonds. The molecule has 2 heteroatoms. The summed E-state index contributed by atoms with van der Waals surface area (Å²) in [6.07, 6.45) is 3.67. The molecular weight excluding hydrogens is 208 g/mol. The van der Waals surface area contributed by atoms with E-state index < -0.39 is 0 Å². The van der Waals surface area contributed by atoms with E-state index in [2.05, 4.69) is 40.1 Å². The fraction of sp³-hybridized carbons (Fsp3) is 0.533. The zero-order valence-corrected chi connectivity index (χ0v) is 10.3. The van der Waals surface area contributed by atoms with Gasteiger partial charge in [-0.05, 0) is 30.9 Å². The van der Waals surface area contributed by atoms with Crippen LogP contribution in [-0.4, -0.2) is 24.5 Å². The standard InChI is InChI=1S/C15H20N2/c1-16-10-9-15-8-5-11-17(13-15)12-14-6-3-2-4-7-14/h2-4,6-7,15H,5,8-13H2. The van der Waals surface area contributed by atoms with Crippen LogP contribution in [0.2, 0.25) is 0 Å². The molecule has 17 heavy (non-hydrogen) atoms. The Morgan fingerprint density at radius 2 is 2.12 bits per heavy atom. The van der Waals surface area contributed by atoms with Crippen LogP contribution >= 0.6 is 0 Å². The van der Waals surface area contributed by atoms with E-state index in [1.165, 1.54) is 31.5 Å². The second-order valence-corrected chi connectivity index (χ2v) is 4.90. The van der Waals surface area contributed by atoms with Crippen molar-refractivity contribution in [3.63, 3.8) is 0 Å². The van der Waals surface area contributed by atoms with Crippen LogP contribution in [0.3, 0.4) is 0 Å². The van der Waals surface area contributed by atoms with Gasteiger partial charge in [0, 0.05) is 19.5 Å². The molecule has 0 aromatic heterocycles. The van der Waals surface area contributed by atoms with E-state index in [1.807, 2.05) is 0 Å². The highest BCUT2D eigenvalue weighted by atomic mass is 15.1. The summed E-state index contributed by atoms with van der Waals surface area (Å²) >= 11 is 0. The number of hydrogen-bond donors (Lipinski definition) is 0. The van der Waals surface area contributed by atoms with E-state index in [9.17, 15) is 0 Å². The molecule has 90 valence electrons. The molecule has 1 saturated heterocycles. The van der Waals surface area contributed by atoms with Crippen LogP contribution in [0, 0.1) is 12.5 Å². The summed E-state index contributed by atoms with van der Waals surface area (Å²) in [6.45, 7) is 11.0. The van der Waals surface area contributed by atoms with Crippen molar-refractivity contribution >= 4 is 0 Å². The molecule has 1 aliphatic rings. The molecule has 1 fully saturated rings. The normalized spacial score (nSPS) is 21.0. The molecule has 1 aliphatic heterocycles. The maximum Gasteiger partial charge on any atom is 0.215 e. The van der Waals surface area contributed by atoms with E-state index in [4.69, 9.17) is 6.57 Å². The van der Waals surface area contributed by atoms with E-state index >= 15 is 0 Å². The van der Waals surface area contributed by atoms with E-state index in [1.54, 1.807) is 0 Å². The summed E-state index contributed by atoms with van der Waals surface area (Å²) in [4.78, 5) is 6.01. The first-order valence-corrected chi connectivity index (χ1v) is 6.48. The van der Waals surface area contributed by atoms with Crippen molar-refractivity contribution < 1.29 is 0 Å². The third kappa shape index (κ3) is 3.87. The molecule has 0 bridgehead atoms. The Balaban J connectivity index is 1.83. The maximum atomic E-state index is 6.86. The highest BCUT2D eigenvalue weighted by Gasteiger charge is 2.20. The maximum absolute atomic E-state index is 6.86. The van der Waals surface area contributed by atoms with Crippen molar-refractivity contribution in [2.24, 2.45) is 5.92 Å². The van der Waals surface area contributed by atoms with Crippen LogP contribution in [0.1, 0.15) is 24.8 Å². The topological polar surface area (TPSA) is 7.60 Å². The molecule has 0 spiro atoms. The van der Waals surface area contributed by atoms with Gasteiger partial charge in [-0.3, -0.25) is 4.90 Å². The Kier molecular flexibility index (Phi) is 4.58. The average molecular weight is 228 g/mol. The summed E-state index contributed by atoms with van der Waals surface area (Å²) in [5, 5.41) is 0. The number of rotatable bonds is 4. The Labute approximate surface area is 104 Å². The molecule has 1 heterocycles. The molecule has 1 aromatic rings. The highest BCUT2D eigenvalue weighted by Crippen LogP contribution is 2.21. The van der Waals surface area contributed by atoms with Gasteiger partial charge >= 0.3 is 0 Å². The van der Waals surface area contributed by atoms with Gasteiger partial charge in [0.05, 0.1) is 0 Å². The number of benzene rings is 1. The zero-order valence-electron chi connectivity index (χ0n) is 10.3. The fourth-order valence-corrected chi connectivity index (χ4v) is 2.62. The molecule has 1 unspecified atom stereocenters. The monoisotopic (exact) mass is 228 g/mol. The van der Waals surface area contributed by atoms with Crippen LogP contribution in [0.25, 0.3) is 4.85 Å². The number of nitrogens with zero attached hydrogens (tertiary/aromatic N) is 2. The molecule has 1 aromatic carbocycles. The molecule has 2 rings (SSSR count). The van der Waals surface area contributed by atoms with Gasteiger partial charge < -0.3 is 4.85 Å². The van der Waals surface area contributed by atoms with E-state index in [0.717, 1.165) is 18.9 Å². The lowest BCUT2D eigenvalue weighted by molar-refractivity contribution is 0.164. The summed E-state index contributed by atoms with van der Waals surface area (Å²) in [5.74, 6) is 0.738. The first-order valence-electron chi connectivity index (χ1n) is 6.48. The van der Waals surface area contributed by atoms with Gasteiger partial charge in [0.15, 0.2) is 0 Å². The second kappa shape index (κ2) is 6.42. The quantitative estimate of drug-likeness (QED) is 0.718. The van der Waals surface area contributed by atoms with Crippen molar-refractivity contribution in [2.45, 2.75) is 25.8 Å².